The summed E-state index contributed by atoms with van der Waals surface area (Å²) in [5.74, 6) is 0.0262. The second-order valence-corrected chi connectivity index (χ2v) is 5.96. The van der Waals surface area contributed by atoms with Crippen LogP contribution in [0.25, 0.3) is 0 Å². The number of nitrogens with zero attached hydrogens (tertiary/aromatic N) is 2. The summed E-state index contributed by atoms with van der Waals surface area (Å²) in [4.78, 5) is 26.6. The first-order chi connectivity index (χ1) is 10.1. The Balaban J connectivity index is 2.21. The van der Waals surface area contributed by atoms with Crippen LogP contribution in [0.2, 0.25) is 0 Å². The molecular formula is C13H18N4O3S. The highest BCUT2D eigenvalue weighted by atomic mass is 32.2. The summed E-state index contributed by atoms with van der Waals surface area (Å²) in [5, 5.41) is 17.0. The second kappa shape index (κ2) is 6.75. The zero-order valence-electron chi connectivity index (χ0n) is 12.0. The number of aromatic nitrogens is 1. The van der Waals surface area contributed by atoms with Crippen LogP contribution in [0.3, 0.4) is 0 Å². The third-order valence-electron chi connectivity index (χ3n) is 3.64. The molecule has 1 saturated carbocycles. The van der Waals surface area contributed by atoms with Gasteiger partial charge in [-0.2, -0.15) is 11.8 Å². The average Bonchev–Trinajstić information content (AvgIpc) is 2.93. The molecule has 0 saturated heterocycles. The third-order valence-corrected chi connectivity index (χ3v) is 4.81. The summed E-state index contributed by atoms with van der Waals surface area (Å²) < 4.78 is 0. The number of rotatable bonds is 5. The lowest BCUT2D eigenvalue weighted by atomic mass is 10.2. The number of amides is 1. The van der Waals surface area contributed by atoms with Crippen LogP contribution in [0.15, 0.2) is 12.3 Å². The number of pyridine rings is 1. The van der Waals surface area contributed by atoms with E-state index in [1.165, 1.54) is 6.07 Å². The van der Waals surface area contributed by atoms with Gasteiger partial charge in [0.05, 0.1) is 10.5 Å². The van der Waals surface area contributed by atoms with Gasteiger partial charge in [0, 0.05) is 24.4 Å². The highest BCUT2D eigenvalue weighted by molar-refractivity contribution is 7.99. The van der Waals surface area contributed by atoms with Gasteiger partial charge in [-0.05, 0) is 19.1 Å². The van der Waals surface area contributed by atoms with E-state index in [0.29, 0.717) is 11.1 Å². The molecule has 0 aliphatic heterocycles. The maximum atomic E-state index is 12.4. The monoisotopic (exact) mass is 310 g/mol. The molecule has 1 aliphatic rings. The highest BCUT2D eigenvalue weighted by Gasteiger charge is 2.29. The molecule has 0 radical (unpaired) electrons. The molecule has 7 nitrogen and oxygen atoms in total. The first-order valence-electron chi connectivity index (χ1n) is 6.72. The molecule has 21 heavy (non-hydrogen) atoms. The largest absolute Gasteiger partial charge is 0.372 e. The minimum absolute atomic E-state index is 0.108. The van der Waals surface area contributed by atoms with E-state index in [1.807, 2.05) is 6.26 Å². The molecular weight excluding hydrogens is 292 g/mol. The Hall–Kier alpha value is -1.83. The standard InChI is InChI=1S/C13H18N4O3S/c1-14-12-9(6-8(7-15-12)17(19)20)13(18)16-10-4-3-5-11(10)21-2/h6-7,10-11H,3-5H2,1-2H3,(H,14,15)(H,16,18). The van der Waals surface area contributed by atoms with E-state index >= 15 is 0 Å². The molecule has 2 N–H and O–H groups in total. The van der Waals surface area contributed by atoms with Crippen LogP contribution in [0.4, 0.5) is 11.5 Å². The average molecular weight is 310 g/mol. The maximum absolute atomic E-state index is 12.4. The molecule has 8 heteroatoms. The Kier molecular flexibility index (Phi) is 5.00. The van der Waals surface area contributed by atoms with Crippen molar-refractivity contribution in [2.75, 3.05) is 18.6 Å². The Morgan fingerprint density at radius 1 is 1.52 bits per heavy atom. The lowest BCUT2D eigenvalue weighted by Crippen LogP contribution is -2.39. The van der Waals surface area contributed by atoms with Crippen molar-refractivity contribution in [2.45, 2.75) is 30.6 Å². The number of nitrogens with one attached hydrogen (secondary N) is 2. The molecule has 2 unspecified atom stereocenters. The van der Waals surface area contributed by atoms with E-state index in [2.05, 4.69) is 15.6 Å². The van der Waals surface area contributed by atoms with Gasteiger partial charge in [-0.3, -0.25) is 14.9 Å². The molecule has 0 bridgehead atoms. The Labute approximate surface area is 127 Å². The quantitative estimate of drug-likeness (QED) is 0.638. The fourth-order valence-corrected chi connectivity index (χ4v) is 3.48. The van der Waals surface area contributed by atoms with Crippen LogP contribution in [0, 0.1) is 10.1 Å². The van der Waals surface area contributed by atoms with Gasteiger partial charge >= 0.3 is 0 Å². The second-order valence-electron chi connectivity index (χ2n) is 4.88. The van der Waals surface area contributed by atoms with Crippen molar-refractivity contribution in [1.82, 2.24) is 10.3 Å². The van der Waals surface area contributed by atoms with Gasteiger partial charge in [0.2, 0.25) is 0 Å². The fraction of sp³-hybridized carbons (Fsp3) is 0.538. The van der Waals surface area contributed by atoms with Crippen LogP contribution in [0.1, 0.15) is 29.6 Å². The summed E-state index contributed by atoms with van der Waals surface area (Å²) in [5.41, 5.74) is 0.0189. The van der Waals surface area contributed by atoms with Crippen LogP contribution in [-0.4, -0.2) is 40.4 Å². The summed E-state index contributed by atoms with van der Waals surface area (Å²) >= 11 is 1.74. The van der Waals surface area contributed by atoms with Gasteiger partial charge in [0.1, 0.15) is 12.0 Å². The number of anilines is 1. The molecule has 2 rings (SSSR count). The molecule has 0 spiro atoms. The van der Waals surface area contributed by atoms with Crippen molar-refractivity contribution in [3.8, 4) is 0 Å². The topological polar surface area (TPSA) is 97.2 Å². The van der Waals surface area contributed by atoms with E-state index < -0.39 is 4.92 Å². The van der Waals surface area contributed by atoms with Gasteiger partial charge in [-0.1, -0.05) is 6.42 Å². The predicted molar refractivity (Wildman–Crippen MR) is 82.8 cm³/mol. The van der Waals surface area contributed by atoms with Gasteiger partial charge < -0.3 is 10.6 Å². The minimum Gasteiger partial charge on any atom is -0.372 e. The van der Waals surface area contributed by atoms with Crippen LogP contribution >= 0.6 is 11.8 Å². The fourth-order valence-electron chi connectivity index (χ4n) is 2.55. The first kappa shape index (κ1) is 15.6. The zero-order valence-corrected chi connectivity index (χ0v) is 12.8. The van der Waals surface area contributed by atoms with E-state index in [0.717, 1.165) is 25.5 Å². The molecule has 1 fully saturated rings. The molecule has 1 aromatic heterocycles. The summed E-state index contributed by atoms with van der Waals surface area (Å²) in [6, 6.07) is 1.37. The SMILES string of the molecule is CNc1ncc([N+](=O)[O-])cc1C(=O)NC1CCCC1SC. The molecule has 114 valence electrons. The molecule has 1 heterocycles. The molecule has 1 amide bonds. The molecule has 1 aromatic rings. The van der Waals surface area contributed by atoms with Crippen LogP contribution < -0.4 is 10.6 Å². The number of thioether (sulfide) groups is 1. The molecule has 0 aromatic carbocycles. The van der Waals surface area contributed by atoms with Crippen molar-refractivity contribution >= 4 is 29.2 Å². The van der Waals surface area contributed by atoms with Crippen molar-refractivity contribution < 1.29 is 9.72 Å². The third kappa shape index (κ3) is 3.44. The van der Waals surface area contributed by atoms with Gasteiger partial charge in [-0.25, -0.2) is 4.98 Å². The smallest absolute Gasteiger partial charge is 0.288 e. The molecule has 1 aliphatic carbocycles. The summed E-state index contributed by atoms with van der Waals surface area (Å²) in [6.07, 6.45) is 6.28. The van der Waals surface area contributed by atoms with E-state index in [9.17, 15) is 14.9 Å². The summed E-state index contributed by atoms with van der Waals surface area (Å²) in [6.45, 7) is 0. The van der Waals surface area contributed by atoms with Crippen molar-refractivity contribution in [3.05, 3.63) is 27.9 Å². The minimum atomic E-state index is -0.552. The van der Waals surface area contributed by atoms with E-state index in [1.54, 1.807) is 18.8 Å². The van der Waals surface area contributed by atoms with Crippen LogP contribution in [-0.2, 0) is 0 Å². The molecule has 2 atom stereocenters. The van der Waals surface area contributed by atoms with Crippen LogP contribution in [0.5, 0.6) is 0 Å². The van der Waals surface area contributed by atoms with Gasteiger partial charge in [0.25, 0.3) is 11.6 Å². The van der Waals surface area contributed by atoms with Crippen molar-refractivity contribution in [1.29, 1.82) is 0 Å². The Bertz CT molecular complexity index is 552. The van der Waals surface area contributed by atoms with Gasteiger partial charge in [-0.15, -0.1) is 0 Å². The Morgan fingerprint density at radius 3 is 2.90 bits per heavy atom. The number of hydrogen-bond acceptors (Lipinski definition) is 6. The van der Waals surface area contributed by atoms with Gasteiger partial charge in [0.15, 0.2) is 0 Å². The lowest BCUT2D eigenvalue weighted by Gasteiger charge is -2.19. The Morgan fingerprint density at radius 2 is 2.29 bits per heavy atom. The number of carbonyl (C=O) groups is 1. The first-order valence-corrected chi connectivity index (χ1v) is 8.01. The normalized spacial score (nSPS) is 21.0. The number of nitro groups is 1. The van der Waals surface area contributed by atoms with Crippen molar-refractivity contribution in [3.63, 3.8) is 0 Å². The predicted octanol–water partition coefficient (Wildman–Crippen LogP) is 2.05. The van der Waals surface area contributed by atoms with Crippen molar-refractivity contribution in [2.24, 2.45) is 0 Å². The summed E-state index contributed by atoms with van der Waals surface area (Å²) in [7, 11) is 1.63. The zero-order chi connectivity index (χ0) is 15.4. The highest BCUT2D eigenvalue weighted by Crippen LogP contribution is 2.29. The van der Waals surface area contributed by atoms with E-state index in [-0.39, 0.29) is 23.2 Å². The number of hydrogen-bond donors (Lipinski definition) is 2. The lowest BCUT2D eigenvalue weighted by molar-refractivity contribution is -0.385. The van der Waals surface area contributed by atoms with E-state index in [4.69, 9.17) is 0 Å². The maximum Gasteiger partial charge on any atom is 0.288 e. The number of carbonyl (C=O) groups excluding carboxylic acids is 1.